The first-order valence-corrected chi connectivity index (χ1v) is 7.26. The molecular weight excluding hydrogens is 270 g/mol. The van der Waals surface area contributed by atoms with Crippen molar-refractivity contribution in [2.75, 3.05) is 5.32 Å². The van der Waals surface area contributed by atoms with Crippen LogP contribution in [0, 0.1) is 12.3 Å². The first-order chi connectivity index (χ1) is 9.93. The molecule has 5 nitrogen and oxygen atoms in total. The molecule has 0 saturated heterocycles. The lowest BCUT2D eigenvalue weighted by Gasteiger charge is -2.32. The summed E-state index contributed by atoms with van der Waals surface area (Å²) in [6.45, 7) is 1.74. The minimum atomic E-state index is -0.922. The number of amides is 1. The van der Waals surface area contributed by atoms with E-state index in [1.807, 2.05) is 0 Å². The summed E-state index contributed by atoms with van der Waals surface area (Å²) in [5.41, 5.74) is 0.318. The van der Waals surface area contributed by atoms with E-state index in [-0.39, 0.29) is 18.1 Å². The Morgan fingerprint density at radius 3 is 2.48 bits per heavy atom. The van der Waals surface area contributed by atoms with Gasteiger partial charge in [-0.1, -0.05) is 19.3 Å². The van der Waals surface area contributed by atoms with Crippen molar-refractivity contribution in [2.45, 2.75) is 45.4 Å². The number of anilines is 1. The van der Waals surface area contributed by atoms with Gasteiger partial charge in [0.2, 0.25) is 5.91 Å². The van der Waals surface area contributed by atoms with Crippen molar-refractivity contribution in [3.8, 4) is 5.75 Å². The maximum atomic E-state index is 12.1. The molecule has 0 heterocycles. The largest absolute Gasteiger partial charge is 0.508 e. The number of rotatable bonds is 4. The quantitative estimate of drug-likeness (QED) is 0.744. The number of hydrogen-bond donors (Lipinski definition) is 3. The van der Waals surface area contributed by atoms with E-state index in [9.17, 15) is 19.8 Å². The molecule has 21 heavy (non-hydrogen) atoms. The number of phenolic OH excluding ortho intramolecular Hbond substituents is 1. The van der Waals surface area contributed by atoms with Crippen molar-refractivity contribution >= 4 is 17.6 Å². The summed E-state index contributed by atoms with van der Waals surface area (Å²) in [7, 11) is 0. The number of aliphatic carboxylic acids is 1. The van der Waals surface area contributed by atoms with Crippen molar-refractivity contribution in [3.05, 3.63) is 23.8 Å². The molecule has 0 radical (unpaired) electrons. The monoisotopic (exact) mass is 291 g/mol. The van der Waals surface area contributed by atoms with E-state index in [0.717, 1.165) is 19.3 Å². The highest BCUT2D eigenvalue weighted by Crippen LogP contribution is 2.39. The minimum Gasteiger partial charge on any atom is -0.508 e. The van der Waals surface area contributed by atoms with Crippen LogP contribution in [-0.4, -0.2) is 22.1 Å². The Morgan fingerprint density at radius 2 is 1.90 bits per heavy atom. The summed E-state index contributed by atoms with van der Waals surface area (Å²) in [5.74, 6) is -0.995. The molecule has 3 N–H and O–H groups in total. The van der Waals surface area contributed by atoms with Gasteiger partial charge in [0.25, 0.3) is 0 Å². The fraction of sp³-hybridized carbons (Fsp3) is 0.500. The van der Waals surface area contributed by atoms with Crippen LogP contribution >= 0.6 is 0 Å². The predicted octanol–water partition coefficient (Wildman–Crippen LogP) is 3.06. The Bertz CT molecular complexity index is 547. The Balaban J connectivity index is 2.05. The van der Waals surface area contributed by atoms with E-state index in [0.29, 0.717) is 24.1 Å². The Morgan fingerprint density at radius 1 is 1.24 bits per heavy atom. The number of carbonyl (C=O) groups is 2. The van der Waals surface area contributed by atoms with Crippen molar-refractivity contribution < 1.29 is 19.8 Å². The summed E-state index contributed by atoms with van der Waals surface area (Å²) < 4.78 is 0. The molecule has 1 aliphatic rings. The molecule has 1 saturated carbocycles. The van der Waals surface area contributed by atoms with Gasteiger partial charge in [-0.15, -0.1) is 0 Å². The first kappa shape index (κ1) is 15.4. The molecule has 0 atom stereocenters. The molecule has 1 aliphatic carbocycles. The minimum absolute atomic E-state index is 0.00224. The second kappa shape index (κ2) is 6.16. The van der Waals surface area contributed by atoms with Crippen molar-refractivity contribution in [3.63, 3.8) is 0 Å². The molecule has 0 aliphatic heterocycles. The van der Waals surface area contributed by atoms with Crippen LogP contribution in [0.25, 0.3) is 0 Å². The van der Waals surface area contributed by atoms with Gasteiger partial charge in [-0.05, 0) is 43.5 Å². The SMILES string of the molecule is Cc1cc(NC(=O)CC2(C(=O)O)CCCCC2)ccc1O. The van der Waals surface area contributed by atoms with Crippen molar-refractivity contribution in [1.82, 2.24) is 0 Å². The predicted molar refractivity (Wildman–Crippen MR) is 79.2 cm³/mol. The number of carboxylic acid groups (broad SMARTS) is 1. The van der Waals surface area contributed by atoms with Gasteiger partial charge in [0.05, 0.1) is 5.41 Å². The average Bonchev–Trinajstić information content (AvgIpc) is 2.43. The topological polar surface area (TPSA) is 86.6 Å². The lowest BCUT2D eigenvalue weighted by atomic mass is 9.71. The second-order valence-corrected chi connectivity index (χ2v) is 5.87. The van der Waals surface area contributed by atoms with Gasteiger partial charge >= 0.3 is 5.97 Å². The van der Waals surface area contributed by atoms with Gasteiger partial charge in [-0.3, -0.25) is 9.59 Å². The average molecular weight is 291 g/mol. The van der Waals surface area contributed by atoms with E-state index >= 15 is 0 Å². The van der Waals surface area contributed by atoms with Crippen molar-refractivity contribution in [2.24, 2.45) is 5.41 Å². The molecule has 2 rings (SSSR count). The second-order valence-electron chi connectivity index (χ2n) is 5.87. The van der Waals surface area contributed by atoms with Crippen LogP contribution < -0.4 is 5.32 Å². The van der Waals surface area contributed by atoms with Gasteiger partial charge in [0.15, 0.2) is 0 Å². The van der Waals surface area contributed by atoms with Gasteiger partial charge in [0, 0.05) is 12.1 Å². The van der Waals surface area contributed by atoms with E-state index in [4.69, 9.17) is 0 Å². The number of phenols is 1. The molecule has 0 spiro atoms. The summed E-state index contributed by atoms with van der Waals surface area (Å²) in [5, 5.41) is 21.7. The smallest absolute Gasteiger partial charge is 0.310 e. The van der Waals surface area contributed by atoms with E-state index in [1.165, 1.54) is 6.07 Å². The van der Waals surface area contributed by atoms with Crippen LogP contribution in [0.2, 0.25) is 0 Å². The van der Waals surface area contributed by atoms with Crippen LogP contribution in [0.3, 0.4) is 0 Å². The molecule has 1 aromatic rings. The summed E-state index contributed by atoms with van der Waals surface area (Å²) in [4.78, 5) is 23.7. The fourth-order valence-corrected chi connectivity index (χ4v) is 2.94. The molecule has 5 heteroatoms. The normalized spacial score (nSPS) is 17.2. The third-order valence-corrected chi connectivity index (χ3v) is 4.24. The molecular formula is C16H21NO4. The zero-order valence-corrected chi connectivity index (χ0v) is 12.2. The number of aryl methyl sites for hydroxylation is 1. The van der Waals surface area contributed by atoms with Crippen LogP contribution in [0.5, 0.6) is 5.75 Å². The number of carboxylic acids is 1. The summed E-state index contributed by atoms with van der Waals surface area (Å²) in [6, 6.07) is 4.79. The number of aromatic hydroxyl groups is 1. The highest BCUT2D eigenvalue weighted by molar-refractivity contribution is 5.94. The molecule has 1 amide bonds. The third kappa shape index (κ3) is 3.54. The third-order valence-electron chi connectivity index (χ3n) is 4.24. The molecule has 1 aromatic carbocycles. The van der Waals surface area contributed by atoms with Gasteiger partial charge < -0.3 is 15.5 Å². The number of benzene rings is 1. The number of carbonyl (C=O) groups excluding carboxylic acids is 1. The zero-order chi connectivity index (χ0) is 15.5. The lowest BCUT2D eigenvalue weighted by Crippen LogP contribution is -2.37. The Kier molecular flexibility index (Phi) is 4.50. The van der Waals surface area contributed by atoms with Crippen molar-refractivity contribution in [1.29, 1.82) is 0 Å². The van der Waals surface area contributed by atoms with Crippen LogP contribution in [0.1, 0.15) is 44.1 Å². The molecule has 1 fully saturated rings. The standard InChI is InChI=1S/C16H21NO4/c1-11-9-12(5-6-13(11)18)17-14(19)10-16(15(20)21)7-3-2-4-8-16/h5-6,9,18H,2-4,7-8,10H2,1H3,(H,17,19)(H,20,21). The zero-order valence-electron chi connectivity index (χ0n) is 12.2. The van der Waals surface area contributed by atoms with E-state index < -0.39 is 11.4 Å². The molecule has 114 valence electrons. The first-order valence-electron chi connectivity index (χ1n) is 7.26. The van der Waals surface area contributed by atoms with E-state index in [1.54, 1.807) is 19.1 Å². The van der Waals surface area contributed by atoms with Crippen LogP contribution in [0.15, 0.2) is 18.2 Å². The summed E-state index contributed by atoms with van der Waals surface area (Å²) >= 11 is 0. The van der Waals surface area contributed by atoms with Gasteiger partial charge in [0.1, 0.15) is 5.75 Å². The maximum Gasteiger partial charge on any atom is 0.310 e. The Labute approximate surface area is 124 Å². The van der Waals surface area contributed by atoms with Crippen LogP contribution in [0.4, 0.5) is 5.69 Å². The summed E-state index contributed by atoms with van der Waals surface area (Å²) in [6.07, 6.45) is 3.88. The molecule has 0 unspecified atom stereocenters. The number of hydrogen-bond acceptors (Lipinski definition) is 3. The molecule has 0 bridgehead atoms. The maximum absolute atomic E-state index is 12.1. The number of nitrogens with one attached hydrogen (secondary N) is 1. The fourth-order valence-electron chi connectivity index (χ4n) is 2.94. The lowest BCUT2D eigenvalue weighted by molar-refractivity contribution is -0.153. The van der Waals surface area contributed by atoms with Gasteiger partial charge in [-0.25, -0.2) is 0 Å². The van der Waals surface area contributed by atoms with E-state index in [2.05, 4.69) is 5.32 Å². The Hall–Kier alpha value is -2.04. The van der Waals surface area contributed by atoms with Gasteiger partial charge in [-0.2, -0.15) is 0 Å². The highest BCUT2D eigenvalue weighted by atomic mass is 16.4. The van der Waals surface area contributed by atoms with Crippen LogP contribution in [-0.2, 0) is 9.59 Å². The highest BCUT2D eigenvalue weighted by Gasteiger charge is 2.41. The molecule has 0 aromatic heterocycles.